The van der Waals surface area contributed by atoms with Crippen molar-refractivity contribution in [2.24, 2.45) is 28.6 Å². The van der Waals surface area contributed by atoms with Crippen molar-refractivity contribution in [3.05, 3.63) is 12.7 Å². The smallest absolute Gasteiger partial charge is 0.315 e. The lowest BCUT2D eigenvalue weighted by molar-refractivity contribution is -0.144. The number of nitrogens with one attached hydrogen (secondary N) is 4. The lowest BCUT2D eigenvalue weighted by Gasteiger charge is -2.37. The molecule has 0 aromatic heterocycles. The average Bonchev–Trinajstić information content (AvgIpc) is 3.60. The van der Waals surface area contributed by atoms with Crippen LogP contribution in [-0.2, 0) is 30.2 Å². The summed E-state index contributed by atoms with van der Waals surface area (Å²) in [6.07, 6.45) is 11.0. The molecule has 3 fully saturated rings. The predicted octanol–water partition coefficient (Wildman–Crippen LogP) is 3.68. The van der Waals surface area contributed by atoms with Gasteiger partial charge in [-0.15, -0.1) is 6.58 Å². The van der Waals surface area contributed by atoms with Crippen LogP contribution in [0.5, 0.6) is 0 Å². The topological polar surface area (TPSA) is 157 Å². The van der Waals surface area contributed by atoms with Crippen molar-refractivity contribution in [2.45, 2.75) is 130 Å². The first-order chi connectivity index (χ1) is 23.4. The summed E-state index contributed by atoms with van der Waals surface area (Å²) in [5.41, 5.74) is -0.457. The summed E-state index contributed by atoms with van der Waals surface area (Å²) in [7, 11) is 0.524. The van der Waals surface area contributed by atoms with Gasteiger partial charge in [0.1, 0.15) is 12.1 Å². The van der Waals surface area contributed by atoms with Gasteiger partial charge in [0.15, 0.2) is 0 Å². The first-order valence-electron chi connectivity index (χ1n) is 18.6. The zero-order valence-electron chi connectivity index (χ0n) is 31.8. The molecule has 50 heavy (non-hydrogen) atoms. The van der Waals surface area contributed by atoms with E-state index >= 15 is 0 Å². The molecule has 2 saturated carbocycles. The van der Waals surface area contributed by atoms with Crippen LogP contribution in [-0.4, -0.2) is 100 Å². The van der Waals surface area contributed by atoms with E-state index in [-0.39, 0.29) is 47.1 Å². The van der Waals surface area contributed by atoms with Crippen molar-refractivity contribution in [1.29, 1.82) is 0 Å². The number of amides is 5. The number of unbranched alkanes of at least 4 members (excludes halogenated alkanes) is 1. The number of nitrogens with zero attached hydrogens (tertiary/aromatic N) is 2. The Morgan fingerprint density at radius 1 is 1.04 bits per heavy atom. The normalized spacial score (nSPS) is 24.4. The predicted molar refractivity (Wildman–Crippen MR) is 197 cm³/mol. The minimum absolute atomic E-state index is 0.0689. The molecule has 0 aromatic carbocycles. The highest BCUT2D eigenvalue weighted by atomic mass is 32.2. The van der Waals surface area contributed by atoms with E-state index < -0.39 is 52.7 Å². The Bertz CT molecular complexity index is 1260. The summed E-state index contributed by atoms with van der Waals surface area (Å²) < 4.78 is 13.8. The summed E-state index contributed by atoms with van der Waals surface area (Å²) in [6.45, 7) is 16.8. The molecule has 0 spiro atoms. The number of carbonyl (C=O) groups is 5. The second kappa shape index (κ2) is 18.1. The van der Waals surface area contributed by atoms with Crippen LogP contribution in [0, 0.1) is 28.6 Å². The Hall–Kier alpha value is -2.80. The van der Waals surface area contributed by atoms with Gasteiger partial charge in [-0.2, -0.15) is 0 Å². The van der Waals surface area contributed by atoms with Gasteiger partial charge in [0.2, 0.25) is 17.6 Å². The molecule has 0 bridgehead atoms. The molecule has 12 nitrogen and oxygen atoms in total. The number of likely N-dealkylation sites (N-methyl/N-ethyl adjacent to an activating group) is 1. The number of rotatable bonds is 16. The van der Waals surface area contributed by atoms with E-state index in [2.05, 4.69) is 41.7 Å². The summed E-state index contributed by atoms with van der Waals surface area (Å²) in [5, 5.41) is 11.6. The third-order valence-electron chi connectivity index (χ3n) is 11.3. The molecule has 4 N–H and O–H groups in total. The number of likely N-dealkylation sites (tertiary alicyclic amines) is 1. The standard InChI is InChI=1S/C37H64N6O6S/c1-10-12-18-27(31(44)33(46)38-21-11-2)39-32(45)30-25-19-20-37(6,7)26(25)22-43(30)34(47)29(24-16-14-13-15-17-24)41-35(48)40-28(36(3,4)5)23-42(8)50(9)49/h11,24-30H,2,10,12-23H2,1,3-9H3,(H,38,46)(H,39,45)(H2,40,41,48)/t25-,26-,27?,28+,29-,30-,50?/m0/s1. The minimum Gasteiger partial charge on any atom is -0.346 e. The highest BCUT2D eigenvalue weighted by Crippen LogP contribution is 2.53. The van der Waals surface area contributed by atoms with Crippen molar-refractivity contribution >= 4 is 40.5 Å². The molecule has 284 valence electrons. The highest BCUT2D eigenvalue weighted by molar-refractivity contribution is 7.81. The largest absolute Gasteiger partial charge is 0.346 e. The van der Waals surface area contributed by atoms with E-state index in [1.165, 1.54) is 6.08 Å². The molecule has 0 aromatic rings. The number of Topliss-reactive ketones (excluding diaryl/α,β-unsaturated/α-hetero) is 1. The fourth-order valence-corrected chi connectivity index (χ4v) is 8.35. The summed E-state index contributed by atoms with van der Waals surface area (Å²) >= 11 is 0. The highest BCUT2D eigenvalue weighted by Gasteiger charge is 2.57. The molecular formula is C37H64N6O6S. The van der Waals surface area contributed by atoms with Gasteiger partial charge in [-0.25, -0.2) is 13.3 Å². The molecule has 1 aliphatic heterocycles. The fraction of sp³-hybridized carbons (Fsp3) is 0.811. The second-order valence-electron chi connectivity index (χ2n) is 16.4. The summed E-state index contributed by atoms with van der Waals surface area (Å²) in [4.78, 5) is 70.5. The molecule has 3 rings (SSSR count). The molecule has 2 aliphatic carbocycles. The third kappa shape index (κ3) is 10.6. The molecule has 7 atom stereocenters. The molecule has 3 aliphatic rings. The second-order valence-corrected chi connectivity index (χ2v) is 17.9. The van der Waals surface area contributed by atoms with E-state index in [1.54, 1.807) is 22.5 Å². The van der Waals surface area contributed by atoms with Crippen molar-refractivity contribution in [3.8, 4) is 0 Å². The third-order valence-corrected chi connectivity index (χ3v) is 12.4. The van der Waals surface area contributed by atoms with Crippen LogP contribution in [0.15, 0.2) is 12.7 Å². The molecule has 2 unspecified atom stereocenters. The van der Waals surface area contributed by atoms with E-state index in [0.29, 0.717) is 25.9 Å². The van der Waals surface area contributed by atoms with Crippen molar-refractivity contribution < 1.29 is 28.2 Å². The number of ketones is 1. The molecule has 1 saturated heterocycles. The average molecular weight is 721 g/mol. The number of fused-ring (bicyclic) bond motifs is 1. The van der Waals surface area contributed by atoms with Crippen molar-refractivity contribution in [2.75, 3.05) is 32.9 Å². The lowest BCUT2D eigenvalue weighted by atomic mass is 9.79. The Kier molecular flexibility index (Phi) is 15.1. The van der Waals surface area contributed by atoms with Crippen LogP contribution in [0.2, 0.25) is 0 Å². The van der Waals surface area contributed by atoms with E-state index in [9.17, 15) is 28.2 Å². The van der Waals surface area contributed by atoms with Gasteiger partial charge in [0, 0.05) is 31.9 Å². The van der Waals surface area contributed by atoms with Crippen LogP contribution >= 0.6 is 0 Å². The zero-order chi connectivity index (χ0) is 37.4. The molecule has 5 amide bonds. The zero-order valence-corrected chi connectivity index (χ0v) is 32.6. The van der Waals surface area contributed by atoms with Crippen LogP contribution in [0.4, 0.5) is 4.79 Å². The minimum atomic E-state index is -1.22. The van der Waals surface area contributed by atoms with Gasteiger partial charge in [0.25, 0.3) is 5.91 Å². The van der Waals surface area contributed by atoms with Gasteiger partial charge in [0.05, 0.1) is 17.0 Å². The lowest BCUT2D eigenvalue weighted by Crippen LogP contribution is -2.61. The Labute approximate surface area is 302 Å². The summed E-state index contributed by atoms with van der Waals surface area (Å²) in [6, 6.07) is -3.51. The maximum Gasteiger partial charge on any atom is 0.315 e. The maximum atomic E-state index is 14.8. The van der Waals surface area contributed by atoms with Gasteiger partial charge >= 0.3 is 6.03 Å². The molecule has 1 heterocycles. The Balaban J connectivity index is 1.93. The maximum absolute atomic E-state index is 14.8. The van der Waals surface area contributed by atoms with Crippen LogP contribution in [0.1, 0.15) is 106 Å². The summed E-state index contributed by atoms with van der Waals surface area (Å²) in [5.74, 6) is -2.33. The molecule has 13 heteroatoms. The van der Waals surface area contributed by atoms with Gasteiger partial charge in [-0.1, -0.05) is 79.7 Å². The number of hydrogen-bond donors (Lipinski definition) is 4. The number of carbonyl (C=O) groups excluding carboxylic acids is 5. The fourth-order valence-electron chi connectivity index (χ4n) is 8.00. The monoisotopic (exact) mass is 720 g/mol. The molecule has 0 radical (unpaired) electrons. The van der Waals surface area contributed by atoms with E-state index in [1.807, 2.05) is 27.7 Å². The van der Waals surface area contributed by atoms with Gasteiger partial charge in [-0.3, -0.25) is 19.2 Å². The van der Waals surface area contributed by atoms with Crippen LogP contribution in [0.25, 0.3) is 0 Å². The quantitative estimate of drug-likeness (QED) is 0.141. The Morgan fingerprint density at radius 2 is 1.70 bits per heavy atom. The van der Waals surface area contributed by atoms with Gasteiger partial charge in [-0.05, 0) is 67.7 Å². The number of urea groups is 1. The van der Waals surface area contributed by atoms with Crippen LogP contribution < -0.4 is 21.3 Å². The van der Waals surface area contributed by atoms with E-state index in [4.69, 9.17) is 0 Å². The van der Waals surface area contributed by atoms with Crippen LogP contribution in [0.3, 0.4) is 0 Å². The Morgan fingerprint density at radius 3 is 2.28 bits per heavy atom. The van der Waals surface area contributed by atoms with Crippen molar-refractivity contribution in [1.82, 2.24) is 30.5 Å². The first kappa shape index (κ1) is 41.6. The van der Waals surface area contributed by atoms with Crippen molar-refractivity contribution in [3.63, 3.8) is 0 Å². The SMILES string of the molecule is C=CCNC(=O)C(=O)C(CCCC)NC(=O)[C@@H]1[C@H]2CCC(C)(C)[C@H]2CN1C(=O)[C@@H](NC(=O)N[C@H](CN(C)S(C)=O)C(C)(C)C)C1CCCCC1. The molecular weight excluding hydrogens is 657 g/mol. The van der Waals surface area contributed by atoms with Gasteiger partial charge < -0.3 is 26.2 Å². The first-order valence-corrected chi connectivity index (χ1v) is 20.1. The number of hydrogen-bond acceptors (Lipinski definition) is 6. The van der Waals surface area contributed by atoms with E-state index in [0.717, 1.165) is 51.4 Å².